The summed E-state index contributed by atoms with van der Waals surface area (Å²) in [6, 6.07) is 10.3. The van der Waals surface area contributed by atoms with Crippen molar-refractivity contribution in [3.8, 4) is 11.5 Å². The summed E-state index contributed by atoms with van der Waals surface area (Å²) in [5.41, 5.74) is 4.72. The van der Waals surface area contributed by atoms with Gasteiger partial charge in [0, 0.05) is 7.05 Å². The summed E-state index contributed by atoms with van der Waals surface area (Å²) in [6.45, 7) is 8.02. The van der Waals surface area contributed by atoms with E-state index in [2.05, 4.69) is 11.4 Å². The van der Waals surface area contributed by atoms with E-state index in [1.165, 1.54) is 4.90 Å². The molecule has 1 N–H and O–H groups in total. The molecule has 0 spiro atoms. The third-order valence-electron chi connectivity index (χ3n) is 5.63. The Hall–Kier alpha value is -3.48. The first-order valence-corrected chi connectivity index (χ1v) is 10.6. The lowest BCUT2D eigenvalue weighted by Crippen LogP contribution is -2.48. The normalized spacial score (nSPS) is 16.0. The second kappa shape index (κ2) is 9.77. The van der Waals surface area contributed by atoms with E-state index in [4.69, 9.17) is 14.2 Å². The average Bonchev–Trinajstić information content (AvgIpc) is 2.77. The monoisotopic (exact) mass is 438 g/mol. The minimum Gasteiger partial charge on any atom is -0.497 e. The molecule has 0 aromatic heterocycles. The van der Waals surface area contributed by atoms with Crippen molar-refractivity contribution >= 4 is 12.0 Å². The Labute approximate surface area is 189 Å². The molecule has 0 fully saturated rings. The fraction of sp³-hybridized carbons (Fsp3) is 0.360. The molecule has 0 unspecified atom stereocenters. The second-order valence-electron chi connectivity index (χ2n) is 7.79. The number of esters is 1. The van der Waals surface area contributed by atoms with Crippen molar-refractivity contribution in [1.29, 1.82) is 0 Å². The predicted molar refractivity (Wildman–Crippen MR) is 122 cm³/mol. The van der Waals surface area contributed by atoms with E-state index in [1.807, 2.05) is 39.0 Å². The van der Waals surface area contributed by atoms with Gasteiger partial charge in [0.15, 0.2) is 0 Å². The van der Waals surface area contributed by atoms with Gasteiger partial charge in [0.1, 0.15) is 18.1 Å². The van der Waals surface area contributed by atoms with Gasteiger partial charge in [-0.3, -0.25) is 4.90 Å². The van der Waals surface area contributed by atoms with Crippen molar-refractivity contribution in [2.45, 2.75) is 33.7 Å². The van der Waals surface area contributed by atoms with E-state index in [0.29, 0.717) is 22.6 Å². The Bertz CT molecular complexity index is 1060. The van der Waals surface area contributed by atoms with Crippen LogP contribution in [-0.2, 0) is 9.53 Å². The summed E-state index contributed by atoms with van der Waals surface area (Å²) in [5, 5.41) is 2.90. The Balaban J connectivity index is 2.07. The molecule has 0 aliphatic carbocycles. The lowest BCUT2D eigenvalue weighted by Gasteiger charge is -2.34. The van der Waals surface area contributed by atoms with E-state index in [0.717, 1.165) is 22.4 Å². The van der Waals surface area contributed by atoms with Crippen LogP contribution in [-0.4, -0.2) is 44.3 Å². The van der Waals surface area contributed by atoms with E-state index >= 15 is 0 Å². The van der Waals surface area contributed by atoms with Crippen LogP contribution in [0.2, 0.25) is 0 Å². The molecule has 2 amide bonds. The van der Waals surface area contributed by atoms with Gasteiger partial charge in [-0.2, -0.15) is 0 Å². The zero-order chi connectivity index (χ0) is 23.4. The largest absolute Gasteiger partial charge is 0.497 e. The zero-order valence-corrected chi connectivity index (χ0v) is 19.4. The summed E-state index contributed by atoms with van der Waals surface area (Å²) in [6.07, 6.45) is 0. The average molecular weight is 439 g/mol. The highest BCUT2D eigenvalue weighted by atomic mass is 16.5. The van der Waals surface area contributed by atoms with Crippen molar-refractivity contribution in [1.82, 2.24) is 10.2 Å². The molecule has 0 bridgehead atoms. The first-order chi connectivity index (χ1) is 15.3. The van der Waals surface area contributed by atoms with Gasteiger partial charge in [-0.05, 0) is 68.1 Å². The number of carbonyl (C=O) groups is 2. The van der Waals surface area contributed by atoms with Gasteiger partial charge in [0.25, 0.3) is 0 Å². The lowest BCUT2D eigenvalue weighted by atomic mass is 9.94. The Kier molecular flexibility index (Phi) is 7.08. The van der Waals surface area contributed by atoms with Gasteiger partial charge in [-0.15, -0.1) is 0 Å². The van der Waals surface area contributed by atoms with Crippen molar-refractivity contribution in [2.75, 3.05) is 27.4 Å². The quantitative estimate of drug-likeness (QED) is 0.655. The van der Waals surface area contributed by atoms with Crippen molar-refractivity contribution in [3.05, 3.63) is 69.9 Å². The fourth-order valence-corrected chi connectivity index (χ4v) is 3.75. The number of nitrogens with one attached hydrogen (secondary N) is 1. The molecule has 7 heteroatoms. The summed E-state index contributed by atoms with van der Waals surface area (Å²) < 4.78 is 16.8. The number of likely N-dealkylation sites (N-methyl/N-ethyl adjacent to an activating group) is 1. The molecule has 0 radical (unpaired) electrons. The number of urea groups is 1. The number of rotatable bonds is 7. The van der Waals surface area contributed by atoms with Crippen LogP contribution in [0.5, 0.6) is 11.5 Å². The number of benzene rings is 2. The highest BCUT2D eigenvalue weighted by Gasteiger charge is 2.37. The maximum atomic E-state index is 13.0. The van der Waals surface area contributed by atoms with Crippen LogP contribution in [0, 0.1) is 20.8 Å². The number of amides is 2. The predicted octanol–water partition coefficient (Wildman–Crippen LogP) is 4.21. The SMILES string of the molecule is CCOC(=O)C1=C(COc2cc(C)cc(C)c2C)N(C)C(=O)N[C@@H]1c1cccc(OC)c1. The van der Waals surface area contributed by atoms with Crippen LogP contribution in [0.1, 0.15) is 35.2 Å². The van der Waals surface area contributed by atoms with Crippen LogP contribution in [0.25, 0.3) is 0 Å². The molecule has 1 atom stereocenters. The van der Waals surface area contributed by atoms with Crippen LogP contribution in [0.15, 0.2) is 47.7 Å². The Morgan fingerprint density at radius 1 is 1.16 bits per heavy atom. The number of carbonyl (C=O) groups excluding carboxylic acids is 2. The smallest absolute Gasteiger partial charge is 0.338 e. The fourth-order valence-electron chi connectivity index (χ4n) is 3.75. The number of ether oxygens (including phenoxy) is 3. The van der Waals surface area contributed by atoms with E-state index in [9.17, 15) is 9.59 Å². The van der Waals surface area contributed by atoms with Crippen LogP contribution >= 0.6 is 0 Å². The van der Waals surface area contributed by atoms with E-state index in [-0.39, 0.29) is 19.2 Å². The van der Waals surface area contributed by atoms with Gasteiger partial charge in [-0.1, -0.05) is 18.2 Å². The minimum absolute atomic E-state index is 0.0439. The molecule has 1 aliphatic heterocycles. The molecular formula is C25H30N2O5. The Morgan fingerprint density at radius 2 is 1.91 bits per heavy atom. The number of aryl methyl sites for hydroxylation is 2. The number of hydrogen-bond donors (Lipinski definition) is 1. The highest BCUT2D eigenvalue weighted by Crippen LogP contribution is 2.33. The molecule has 1 aliphatic rings. The molecule has 0 saturated carbocycles. The maximum absolute atomic E-state index is 13.0. The van der Waals surface area contributed by atoms with Gasteiger partial charge in [-0.25, -0.2) is 9.59 Å². The maximum Gasteiger partial charge on any atom is 0.338 e. The first-order valence-electron chi connectivity index (χ1n) is 10.6. The Morgan fingerprint density at radius 3 is 2.59 bits per heavy atom. The van der Waals surface area contributed by atoms with Crippen LogP contribution in [0.3, 0.4) is 0 Å². The summed E-state index contributed by atoms with van der Waals surface area (Å²) in [5.74, 6) is 0.848. The van der Waals surface area contributed by atoms with Crippen molar-refractivity contribution < 1.29 is 23.8 Å². The molecule has 32 heavy (non-hydrogen) atoms. The second-order valence-corrected chi connectivity index (χ2v) is 7.79. The molecule has 3 rings (SSSR count). The van der Waals surface area contributed by atoms with Gasteiger partial charge < -0.3 is 19.5 Å². The van der Waals surface area contributed by atoms with Gasteiger partial charge >= 0.3 is 12.0 Å². The lowest BCUT2D eigenvalue weighted by molar-refractivity contribution is -0.139. The third-order valence-corrected chi connectivity index (χ3v) is 5.63. The van der Waals surface area contributed by atoms with Gasteiger partial charge in [0.05, 0.1) is 31.0 Å². The molecule has 170 valence electrons. The van der Waals surface area contributed by atoms with Crippen LogP contribution in [0.4, 0.5) is 4.79 Å². The zero-order valence-electron chi connectivity index (χ0n) is 19.4. The third kappa shape index (κ3) is 4.72. The standard InChI is InChI=1S/C25H30N2O5/c1-7-31-24(28)22-20(14-32-21-12-15(2)11-16(3)17(21)4)27(5)25(29)26-23(22)18-9-8-10-19(13-18)30-6/h8-13,23H,7,14H2,1-6H3,(H,26,29)/t23-/m1/s1. The highest BCUT2D eigenvalue weighted by molar-refractivity contribution is 5.95. The molecular weight excluding hydrogens is 408 g/mol. The van der Waals surface area contributed by atoms with E-state index in [1.54, 1.807) is 33.2 Å². The summed E-state index contributed by atoms with van der Waals surface area (Å²) in [4.78, 5) is 27.2. The summed E-state index contributed by atoms with van der Waals surface area (Å²) in [7, 11) is 3.18. The molecule has 2 aromatic carbocycles. The number of nitrogens with zero attached hydrogens (tertiary/aromatic N) is 1. The molecule has 0 saturated heterocycles. The number of methoxy groups -OCH3 is 1. The minimum atomic E-state index is -0.688. The van der Waals surface area contributed by atoms with Crippen molar-refractivity contribution in [3.63, 3.8) is 0 Å². The number of hydrogen-bond acceptors (Lipinski definition) is 5. The topological polar surface area (TPSA) is 77.1 Å². The van der Waals surface area contributed by atoms with Crippen LogP contribution < -0.4 is 14.8 Å². The van der Waals surface area contributed by atoms with Crippen molar-refractivity contribution in [2.24, 2.45) is 0 Å². The molecule has 2 aromatic rings. The molecule has 1 heterocycles. The summed E-state index contributed by atoms with van der Waals surface area (Å²) >= 11 is 0. The van der Waals surface area contributed by atoms with E-state index < -0.39 is 12.0 Å². The first kappa shape index (κ1) is 23.2. The van der Waals surface area contributed by atoms with Gasteiger partial charge in [0.2, 0.25) is 0 Å². The molecule has 7 nitrogen and oxygen atoms in total.